The molecule has 0 saturated carbocycles. The van der Waals surface area contributed by atoms with Gasteiger partial charge >= 0.3 is 0 Å². The van der Waals surface area contributed by atoms with E-state index in [0.29, 0.717) is 6.10 Å². The third kappa shape index (κ3) is 4.50. The van der Waals surface area contributed by atoms with Crippen LogP contribution in [0.25, 0.3) is 0 Å². The molecule has 0 spiro atoms. The number of likely N-dealkylation sites (tertiary alicyclic amines) is 1. The van der Waals surface area contributed by atoms with Gasteiger partial charge < -0.3 is 14.7 Å². The lowest BCUT2D eigenvalue weighted by atomic mass is 10.1. The van der Waals surface area contributed by atoms with Gasteiger partial charge in [0.2, 0.25) is 0 Å². The van der Waals surface area contributed by atoms with E-state index in [-0.39, 0.29) is 6.10 Å². The van der Waals surface area contributed by atoms with Crippen LogP contribution in [0.15, 0.2) is 0 Å². The van der Waals surface area contributed by atoms with E-state index in [9.17, 15) is 5.11 Å². The van der Waals surface area contributed by atoms with E-state index in [1.165, 1.54) is 6.54 Å². The van der Waals surface area contributed by atoms with Crippen LogP contribution in [0.4, 0.5) is 0 Å². The van der Waals surface area contributed by atoms with E-state index in [1.54, 1.807) is 0 Å². The van der Waals surface area contributed by atoms with Crippen molar-refractivity contribution in [3.05, 3.63) is 0 Å². The van der Waals surface area contributed by atoms with Crippen molar-refractivity contribution in [2.24, 2.45) is 5.92 Å². The summed E-state index contributed by atoms with van der Waals surface area (Å²) in [6.07, 6.45) is 2.11. The molecule has 2 heterocycles. The maximum Gasteiger partial charge on any atom is 0.0829 e. The number of ether oxygens (including phenoxy) is 1. The largest absolute Gasteiger partial charge is 0.393 e. The second kappa shape index (κ2) is 6.85. The molecule has 0 aromatic rings. The summed E-state index contributed by atoms with van der Waals surface area (Å²) in [5, 5.41) is 9.51. The average molecular weight is 256 g/mol. The summed E-state index contributed by atoms with van der Waals surface area (Å²) in [6.45, 7) is 11.8. The van der Waals surface area contributed by atoms with Gasteiger partial charge in [-0.25, -0.2) is 0 Å². The number of rotatable bonds is 4. The Hall–Kier alpha value is -0.160. The van der Waals surface area contributed by atoms with Crippen molar-refractivity contribution in [1.82, 2.24) is 9.80 Å². The molecule has 0 amide bonds. The Balaban J connectivity index is 1.72. The molecular formula is C14H28N2O2. The maximum absolute atomic E-state index is 9.51. The standard InChI is InChI=1S/C14H28N2O2/c1-12(2)9-16-7-8-18-14(11-16)10-15-5-3-13(17)4-6-15/h12-14,17H,3-11H2,1-2H3. The highest BCUT2D eigenvalue weighted by Crippen LogP contribution is 2.14. The Labute approximate surface area is 111 Å². The van der Waals surface area contributed by atoms with Gasteiger partial charge in [-0.3, -0.25) is 4.90 Å². The number of aliphatic hydroxyl groups excluding tert-OH is 1. The zero-order valence-electron chi connectivity index (χ0n) is 11.8. The van der Waals surface area contributed by atoms with Crippen molar-refractivity contribution >= 4 is 0 Å². The van der Waals surface area contributed by atoms with Crippen LogP contribution in [0.3, 0.4) is 0 Å². The van der Waals surface area contributed by atoms with Crippen molar-refractivity contribution in [3.63, 3.8) is 0 Å². The molecule has 0 radical (unpaired) electrons. The predicted octanol–water partition coefficient (Wildman–Crippen LogP) is 0.800. The van der Waals surface area contributed by atoms with Gasteiger partial charge in [0.05, 0.1) is 18.8 Å². The summed E-state index contributed by atoms with van der Waals surface area (Å²) in [5.41, 5.74) is 0. The Bertz CT molecular complexity index is 240. The number of aliphatic hydroxyl groups is 1. The average Bonchev–Trinajstić information content (AvgIpc) is 2.32. The number of nitrogens with zero attached hydrogens (tertiary/aromatic N) is 2. The van der Waals surface area contributed by atoms with Crippen LogP contribution in [0, 0.1) is 5.92 Å². The minimum Gasteiger partial charge on any atom is -0.393 e. The fourth-order valence-electron chi connectivity index (χ4n) is 2.96. The number of morpholine rings is 1. The van der Waals surface area contributed by atoms with Gasteiger partial charge in [0.25, 0.3) is 0 Å². The number of hydrogen-bond donors (Lipinski definition) is 1. The molecule has 0 aromatic carbocycles. The molecular weight excluding hydrogens is 228 g/mol. The molecule has 2 rings (SSSR count). The Kier molecular flexibility index (Phi) is 5.42. The molecule has 2 saturated heterocycles. The lowest BCUT2D eigenvalue weighted by molar-refractivity contribution is -0.0520. The minimum absolute atomic E-state index is 0.0778. The molecule has 0 bridgehead atoms. The summed E-state index contributed by atoms with van der Waals surface area (Å²) >= 11 is 0. The quantitative estimate of drug-likeness (QED) is 0.807. The normalized spacial score (nSPS) is 29.0. The number of piperidine rings is 1. The topological polar surface area (TPSA) is 35.9 Å². The highest BCUT2D eigenvalue weighted by Gasteiger charge is 2.25. The first-order valence-electron chi connectivity index (χ1n) is 7.38. The smallest absolute Gasteiger partial charge is 0.0829 e. The fraction of sp³-hybridized carbons (Fsp3) is 1.00. The molecule has 2 fully saturated rings. The minimum atomic E-state index is -0.0778. The molecule has 0 aromatic heterocycles. The van der Waals surface area contributed by atoms with Gasteiger partial charge in [0.15, 0.2) is 0 Å². The molecule has 18 heavy (non-hydrogen) atoms. The van der Waals surface area contributed by atoms with E-state index in [2.05, 4.69) is 23.6 Å². The van der Waals surface area contributed by atoms with E-state index < -0.39 is 0 Å². The zero-order chi connectivity index (χ0) is 13.0. The lowest BCUT2D eigenvalue weighted by Crippen LogP contribution is -2.50. The van der Waals surface area contributed by atoms with E-state index in [0.717, 1.165) is 58.1 Å². The van der Waals surface area contributed by atoms with Crippen molar-refractivity contribution in [2.75, 3.05) is 45.9 Å². The Morgan fingerprint density at radius 3 is 2.56 bits per heavy atom. The van der Waals surface area contributed by atoms with Crippen LogP contribution in [-0.2, 0) is 4.74 Å². The third-order valence-electron chi connectivity index (χ3n) is 3.87. The summed E-state index contributed by atoms with van der Waals surface area (Å²) < 4.78 is 5.87. The third-order valence-corrected chi connectivity index (χ3v) is 3.87. The van der Waals surface area contributed by atoms with Crippen LogP contribution in [0.2, 0.25) is 0 Å². The van der Waals surface area contributed by atoms with Gasteiger partial charge in [-0.15, -0.1) is 0 Å². The molecule has 2 aliphatic heterocycles. The van der Waals surface area contributed by atoms with Crippen molar-refractivity contribution in [1.29, 1.82) is 0 Å². The van der Waals surface area contributed by atoms with E-state index in [1.807, 2.05) is 0 Å². The fourth-order valence-corrected chi connectivity index (χ4v) is 2.96. The van der Waals surface area contributed by atoms with Crippen LogP contribution < -0.4 is 0 Å². The SMILES string of the molecule is CC(C)CN1CCOC(CN2CCC(O)CC2)C1. The Morgan fingerprint density at radius 2 is 1.89 bits per heavy atom. The van der Waals surface area contributed by atoms with Gasteiger partial charge in [0, 0.05) is 39.3 Å². The summed E-state index contributed by atoms with van der Waals surface area (Å²) in [5.74, 6) is 0.730. The first-order chi connectivity index (χ1) is 8.63. The summed E-state index contributed by atoms with van der Waals surface area (Å²) in [4.78, 5) is 4.97. The van der Waals surface area contributed by atoms with Crippen molar-refractivity contribution in [3.8, 4) is 0 Å². The zero-order valence-corrected chi connectivity index (χ0v) is 11.8. The summed E-state index contributed by atoms with van der Waals surface area (Å²) in [7, 11) is 0. The highest BCUT2D eigenvalue weighted by atomic mass is 16.5. The van der Waals surface area contributed by atoms with E-state index >= 15 is 0 Å². The van der Waals surface area contributed by atoms with Crippen LogP contribution in [0.1, 0.15) is 26.7 Å². The maximum atomic E-state index is 9.51. The molecule has 2 aliphatic rings. The van der Waals surface area contributed by atoms with Gasteiger partial charge in [-0.1, -0.05) is 13.8 Å². The van der Waals surface area contributed by atoms with Crippen LogP contribution in [-0.4, -0.2) is 73.0 Å². The van der Waals surface area contributed by atoms with Crippen molar-refractivity contribution < 1.29 is 9.84 Å². The predicted molar refractivity (Wildman–Crippen MR) is 72.7 cm³/mol. The monoisotopic (exact) mass is 256 g/mol. The molecule has 0 aliphatic carbocycles. The van der Waals surface area contributed by atoms with Gasteiger partial charge in [0.1, 0.15) is 0 Å². The Morgan fingerprint density at radius 1 is 1.17 bits per heavy atom. The molecule has 106 valence electrons. The first-order valence-corrected chi connectivity index (χ1v) is 7.38. The summed E-state index contributed by atoms with van der Waals surface area (Å²) in [6, 6.07) is 0. The molecule has 4 heteroatoms. The highest BCUT2D eigenvalue weighted by molar-refractivity contribution is 4.78. The lowest BCUT2D eigenvalue weighted by Gasteiger charge is -2.38. The van der Waals surface area contributed by atoms with Crippen LogP contribution >= 0.6 is 0 Å². The molecule has 1 N–H and O–H groups in total. The molecule has 1 atom stereocenters. The van der Waals surface area contributed by atoms with Crippen molar-refractivity contribution in [2.45, 2.75) is 38.9 Å². The van der Waals surface area contributed by atoms with Gasteiger partial charge in [-0.2, -0.15) is 0 Å². The van der Waals surface area contributed by atoms with Crippen LogP contribution in [0.5, 0.6) is 0 Å². The first kappa shape index (κ1) is 14.3. The molecule has 4 nitrogen and oxygen atoms in total. The number of hydrogen-bond acceptors (Lipinski definition) is 4. The van der Waals surface area contributed by atoms with Gasteiger partial charge in [-0.05, 0) is 18.8 Å². The second-order valence-electron chi connectivity index (χ2n) is 6.18. The second-order valence-corrected chi connectivity index (χ2v) is 6.18. The molecule has 1 unspecified atom stereocenters. The van der Waals surface area contributed by atoms with E-state index in [4.69, 9.17) is 4.74 Å².